The quantitative estimate of drug-likeness (QED) is 0.727. The lowest BCUT2D eigenvalue weighted by Gasteiger charge is -2.13. The molecule has 0 unspecified atom stereocenters. The Balaban J connectivity index is 1.82. The van der Waals surface area contributed by atoms with Crippen molar-refractivity contribution in [2.75, 3.05) is 12.5 Å². The van der Waals surface area contributed by atoms with E-state index in [9.17, 15) is 13.2 Å². The number of carbonyl (C=O) groups is 1. The van der Waals surface area contributed by atoms with Crippen LogP contribution in [0.2, 0.25) is 0 Å². The number of nitrogens with zero attached hydrogens (tertiary/aromatic N) is 5. The Morgan fingerprint density at radius 2 is 2.05 bits per heavy atom. The molecule has 0 saturated carbocycles. The normalized spacial score (nSPS) is 16.0. The largest absolute Gasteiger partial charge is 0.394 e. The molecule has 0 saturated heterocycles. The zero-order valence-electron chi connectivity index (χ0n) is 11.2. The first-order valence-corrected chi connectivity index (χ1v) is 8.64. The molecule has 11 heteroatoms. The van der Waals surface area contributed by atoms with E-state index in [-0.39, 0.29) is 29.5 Å². The number of tetrazole rings is 1. The lowest BCUT2D eigenvalue weighted by molar-refractivity contribution is 0.0887. The minimum Gasteiger partial charge on any atom is -0.394 e. The monoisotopic (exact) mass is 341 g/mol. The molecule has 1 aromatic heterocycles. The summed E-state index contributed by atoms with van der Waals surface area (Å²) in [6.07, 6.45) is 0. The molecule has 1 aliphatic rings. The van der Waals surface area contributed by atoms with Gasteiger partial charge in [-0.2, -0.15) is 0 Å². The van der Waals surface area contributed by atoms with Gasteiger partial charge in [0.15, 0.2) is 0 Å². The van der Waals surface area contributed by atoms with Crippen LogP contribution < -0.4 is 0 Å². The Morgan fingerprint density at radius 3 is 2.77 bits per heavy atom. The number of thioether (sulfide) groups is 1. The summed E-state index contributed by atoms with van der Waals surface area (Å²) in [4.78, 5) is 12.2. The van der Waals surface area contributed by atoms with E-state index in [1.54, 1.807) is 12.1 Å². The van der Waals surface area contributed by atoms with Gasteiger partial charge in [-0.05, 0) is 22.6 Å². The molecule has 1 aliphatic heterocycles. The van der Waals surface area contributed by atoms with Gasteiger partial charge >= 0.3 is 0 Å². The van der Waals surface area contributed by atoms with Gasteiger partial charge in [0.2, 0.25) is 5.16 Å². The Bertz CT molecular complexity index is 819. The summed E-state index contributed by atoms with van der Waals surface area (Å²) < 4.78 is 26.8. The highest BCUT2D eigenvalue weighted by atomic mass is 32.2. The van der Waals surface area contributed by atoms with Crippen molar-refractivity contribution in [2.24, 2.45) is 0 Å². The van der Waals surface area contributed by atoms with E-state index >= 15 is 0 Å². The van der Waals surface area contributed by atoms with Crippen LogP contribution in [-0.4, -0.2) is 56.4 Å². The van der Waals surface area contributed by atoms with E-state index in [4.69, 9.17) is 5.11 Å². The fourth-order valence-corrected chi connectivity index (χ4v) is 4.68. The van der Waals surface area contributed by atoms with Crippen LogP contribution in [0.3, 0.4) is 0 Å². The molecule has 2 heterocycles. The average molecular weight is 341 g/mol. The number of sulfonamides is 1. The molecule has 0 bridgehead atoms. The number of hydrogen-bond acceptors (Lipinski definition) is 8. The lowest BCUT2D eigenvalue weighted by Crippen LogP contribution is -2.29. The summed E-state index contributed by atoms with van der Waals surface area (Å²) in [6.45, 7) is 0.0429. The van der Waals surface area contributed by atoms with Crippen molar-refractivity contribution in [3.63, 3.8) is 0 Å². The first kappa shape index (κ1) is 14.9. The predicted octanol–water partition coefficient (Wildman–Crippen LogP) is -0.440. The van der Waals surface area contributed by atoms with E-state index < -0.39 is 15.9 Å². The van der Waals surface area contributed by atoms with E-state index in [0.29, 0.717) is 5.16 Å². The molecule has 0 aliphatic carbocycles. The minimum atomic E-state index is -3.84. The second-order valence-electron chi connectivity index (χ2n) is 4.34. The zero-order valence-corrected chi connectivity index (χ0v) is 12.8. The minimum absolute atomic E-state index is 0.00977. The topological polar surface area (TPSA) is 118 Å². The highest BCUT2D eigenvalue weighted by molar-refractivity contribution is 8.00. The highest BCUT2D eigenvalue weighted by Crippen LogP contribution is 2.32. The number of aliphatic hydroxyl groups is 1. The number of amides is 1. The van der Waals surface area contributed by atoms with Crippen LogP contribution >= 0.6 is 11.8 Å². The van der Waals surface area contributed by atoms with Gasteiger partial charge in [-0.3, -0.25) is 4.79 Å². The van der Waals surface area contributed by atoms with Crippen LogP contribution in [0.15, 0.2) is 34.3 Å². The van der Waals surface area contributed by atoms with Crippen molar-refractivity contribution >= 4 is 27.7 Å². The Labute approximate surface area is 130 Å². The van der Waals surface area contributed by atoms with Crippen LogP contribution in [0.25, 0.3) is 0 Å². The molecule has 1 N–H and O–H groups in total. The summed E-state index contributed by atoms with van der Waals surface area (Å²) >= 11 is 1.01. The molecular formula is C11H11N5O4S2. The number of aromatic nitrogens is 4. The molecule has 1 amide bonds. The molecule has 1 aromatic carbocycles. The number of aliphatic hydroxyl groups excluding tert-OH is 1. The van der Waals surface area contributed by atoms with Crippen LogP contribution in [0, 0.1) is 0 Å². The van der Waals surface area contributed by atoms with Gasteiger partial charge in [-0.1, -0.05) is 23.9 Å². The smallest absolute Gasteiger partial charge is 0.269 e. The van der Waals surface area contributed by atoms with Gasteiger partial charge in [0.1, 0.15) is 4.90 Å². The summed E-state index contributed by atoms with van der Waals surface area (Å²) in [5.41, 5.74) is 0.165. The molecule has 0 spiro atoms. The lowest BCUT2D eigenvalue weighted by atomic mass is 10.2. The maximum atomic E-state index is 12.4. The Morgan fingerprint density at radius 1 is 1.27 bits per heavy atom. The molecule has 3 rings (SSSR count). The van der Waals surface area contributed by atoms with Gasteiger partial charge in [0.25, 0.3) is 15.9 Å². The SMILES string of the molecule is O=C1c2ccccc2S(=O)(=O)N1CSc1nnnn1CCO. The molecule has 9 nitrogen and oxygen atoms in total. The van der Waals surface area contributed by atoms with Gasteiger partial charge in [-0.25, -0.2) is 17.4 Å². The Hall–Kier alpha value is -1.98. The molecule has 0 atom stereocenters. The predicted molar refractivity (Wildman–Crippen MR) is 75.4 cm³/mol. The van der Waals surface area contributed by atoms with Crippen molar-refractivity contribution in [2.45, 2.75) is 16.6 Å². The highest BCUT2D eigenvalue weighted by Gasteiger charge is 2.40. The van der Waals surface area contributed by atoms with E-state index in [1.807, 2.05) is 0 Å². The standard InChI is InChI=1S/C11H11N5O4S2/c17-6-5-15-11(12-13-14-15)21-7-16-10(18)8-3-1-2-4-9(8)22(16,19)20/h1-4,17H,5-7H2. The fourth-order valence-electron chi connectivity index (χ4n) is 2.01. The van der Waals surface area contributed by atoms with Gasteiger partial charge in [0.05, 0.1) is 24.6 Å². The number of rotatable bonds is 5. The van der Waals surface area contributed by atoms with E-state index in [1.165, 1.54) is 16.8 Å². The van der Waals surface area contributed by atoms with Crippen LogP contribution in [0.1, 0.15) is 10.4 Å². The van der Waals surface area contributed by atoms with E-state index in [2.05, 4.69) is 15.5 Å². The van der Waals surface area contributed by atoms with Crippen LogP contribution in [0.4, 0.5) is 0 Å². The first-order valence-electron chi connectivity index (χ1n) is 6.21. The summed E-state index contributed by atoms with van der Waals surface area (Å²) in [6, 6.07) is 6.07. The Kier molecular flexibility index (Phi) is 3.85. The van der Waals surface area contributed by atoms with Crippen LogP contribution in [0.5, 0.6) is 0 Å². The number of fused-ring (bicyclic) bond motifs is 1. The first-order chi connectivity index (χ1) is 10.6. The van der Waals surface area contributed by atoms with Crippen molar-refractivity contribution in [3.8, 4) is 0 Å². The molecule has 0 radical (unpaired) electrons. The van der Waals surface area contributed by atoms with Gasteiger partial charge < -0.3 is 5.11 Å². The zero-order chi connectivity index (χ0) is 15.7. The van der Waals surface area contributed by atoms with Crippen molar-refractivity contribution < 1.29 is 18.3 Å². The summed E-state index contributed by atoms with van der Waals surface area (Å²) in [5.74, 6) is -0.703. The van der Waals surface area contributed by atoms with E-state index in [0.717, 1.165) is 16.1 Å². The second-order valence-corrected chi connectivity index (χ2v) is 7.08. The fraction of sp³-hybridized carbons (Fsp3) is 0.273. The second kappa shape index (κ2) is 5.66. The number of hydrogen-bond donors (Lipinski definition) is 1. The number of benzene rings is 1. The van der Waals surface area contributed by atoms with Crippen LogP contribution in [-0.2, 0) is 16.6 Å². The molecule has 0 fully saturated rings. The third kappa shape index (κ3) is 2.36. The van der Waals surface area contributed by atoms with Crippen molar-refractivity contribution in [1.29, 1.82) is 0 Å². The third-order valence-electron chi connectivity index (χ3n) is 3.03. The van der Waals surface area contributed by atoms with Gasteiger partial charge in [-0.15, -0.1) is 5.10 Å². The molecule has 2 aromatic rings. The van der Waals surface area contributed by atoms with Crippen molar-refractivity contribution in [1.82, 2.24) is 24.5 Å². The maximum Gasteiger partial charge on any atom is 0.269 e. The molecular weight excluding hydrogens is 330 g/mol. The average Bonchev–Trinajstić information content (AvgIpc) is 3.01. The summed E-state index contributed by atoms with van der Waals surface area (Å²) in [5, 5.41) is 20.1. The maximum absolute atomic E-state index is 12.4. The van der Waals surface area contributed by atoms with Gasteiger partial charge in [0, 0.05) is 0 Å². The third-order valence-corrected chi connectivity index (χ3v) is 5.92. The van der Waals surface area contributed by atoms with Crippen molar-refractivity contribution in [3.05, 3.63) is 29.8 Å². The number of carbonyl (C=O) groups excluding carboxylic acids is 1. The summed E-state index contributed by atoms with van der Waals surface area (Å²) in [7, 11) is -3.84. The molecule has 116 valence electrons. The molecule has 22 heavy (non-hydrogen) atoms.